The Morgan fingerprint density at radius 2 is 2.06 bits per heavy atom. The smallest absolute Gasteiger partial charge is 0.0671 e. The molecule has 0 saturated heterocycles. The van der Waals surface area contributed by atoms with Crippen LogP contribution in [0.5, 0.6) is 0 Å². The lowest BCUT2D eigenvalue weighted by Gasteiger charge is -2.19. The van der Waals surface area contributed by atoms with Gasteiger partial charge in [0.25, 0.3) is 0 Å². The minimum absolute atomic E-state index is 0.0871. The van der Waals surface area contributed by atoms with E-state index < -0.39 is 0 Å². The van der Waals surface area contributed by atoms with Crippen LogP contribution in [-0.4, -0.2) is 19.3 Å². The third kappa shape index (κ3) is 4.99. The molecule has 3 nitrogen and oxygen atoms in total. The van der Waals surface area contributed by atoms with Crippen LogP contribution in [0, 0.1) is 11.3 Å². The number of nitriles is 1. The predicted octanol–water partition coefficient (Wildman–Crippen LogP) is 2.66. The van der Waals surface area contributed by atoms with E-state index in [0.29, 0.717) is 6.42 Å². The Morgan fingerprint density at radius 1 is 1.35 bits per heavy atom. The highest BCUT2D eigenvalue weighted by Crippen LogP contribution is 2.15. The molecule has 1 aromatic carbocycles. The molecule has 0 amide bonds. The molecule has 0 heterocycles. The number of nitrogens with zero attached hydrogens (tertiary/aromatic N) is 1. The van der Waals surface area contributed by atoms with Crippen LogP contribution in [0.1, 0.15) is 31.9 Å². The van der Waals surface area contributed by atoms with Gasteiger partial charge in [-0.2, -0.15) is 5.26 Å². The Kier molecular flexibility index (Phi) is 6.31. The van der Waals surface area contributed by atoms with E-state index in [0.717, 1.165) is 18.7 Å². The van der Waals surface area contributed by atoms with E-state index in [4.69, 9.17) is 10.00 Å². The summed E-state index contributed by atoms with van der Waals surface area (Å²) in [5, 5.41) is 12.2. The first-order chi connectivity index (χ1) is 8.27. The first kappa shape index (κ1) is 13.7. The minimum Gasteiger partial charge on any atom is -0.377 e. The first-order valence-corrected chi connectivity index (χ1v) is 6.04. The summed E-state index contributed by atoms with van der Waals surface area (Å²) in [7, 11) is 0. The van der Waals surface area contributed by atoms with Crippen molar-refractivity contribution < 1.29 is 4.74 Å². The number of rotatable bonds is 7. The predicted molar refractivity (Wildman–Crippen MR) is 68.5 cm³/mol. The zero-order valence-electron chi connectivity index (χ0n) is 10.5. The lowest BCUT2D eigenvalue weighted by atomic mass is 10.0. The van der Waals surface area contributed by atoms with Gasteiger partial charge in [0.1, 0.15) is 0 Å². The van der Waals surface area contributed by atoms with Crippen molar-refractivity contribution in [3.63, 3.8) is 0 Å². The van der Waals surface area contributed by atoms with Gasteiger partial charge < -0.3 is 10.1 Å². The van der Waals surface area contributed by atoms with Gasteiger partial charge in [-0.05, 0) is 19.4 Å². The van der Waals surface area contributed by atoms with E-state index in [9.17, 15) is 0 Å². The molecule has 0 spiro atoms. The summed E-state index contributed by atoms with van der Waals surface area (Å²) in [6.45, 7) is 5.50. The largest absolute Gasteiger partial charge is 0.377 e. The van der Waals surface area contributed by atoms with Gasteiger partial charge in [-0.25, -0.2) is 0 Å². The Hall–Kier alpha value is -1.37. The van der Waals surface area contributed by atoms with Gasteiger partial charge in [-0.1, -0.05) is 30.3 Å². The molecule has 1 N–H and O–H groups in total. The SMILES string of the molecule is CCOC(C)CNC(CC#N)c1ccccc1. The summed E-state index contributed by atoms with van der Waals surface area (Å²) in [6.07, 6.45) is 0.646. The molecule has 0 aromatic heterocycles. The molecule has 0 bridgehead atoms. The van der Waals surface area contributed by atoms with Crippen molar-refractivity contribution in [2.45, 2.75) is 32.4 Å². The zero-order chi connectivity index (χ0) is 12.5. The summed E-state index contributed by atoms with van der Waals surface area (Å²) >= 11 is 0. The lowest BCUT2D eigenvalue weighted by Crippen LogP contribution is -2.30. The Morgan fingerprint density at radius 3 is 2.65 bits per heavy atom. The highest BCUT2D eigenvalue weighted by atomic mass is 16.5. The maximum Gasteiger partial charge on any atom is 0.0671 e. The van der Waals surface area contributed by atoms with Crippen LogP contribution in [0.2, 0.25) is 0 Å². The van der Waals surface area contributed by atoms with E-state index in [1.54, 1.807) is 0 Å². The molecule has 2 unspecified atom stereocenters. The fraction of sp³-hybridized carbons (Fsp3) is 0.500. The van der Waals surface area contributed by atoms with Crippen LogP contribution in [0.25, 0.3) is 0 Å². The third-order valence-corrected chi connectivity index (χ3v) is 2.60. The van der Waals surface area contributed by atoms with Crippen molar-refractivity contribution >= 4 is 0 Å². The van der Waals surface area contributed by atoms with Crippen LogP contribution in [-0.2, 0) is 4.74 Å². The fourth-order valence-corrected chi connectivity index (χ4v) is 1.74. The second-order valence-electron chi connectivity index (χ2n) is 4.00. The average Bonchev–Trinajstić information content (AvgIpc) is 2.36. The number of nitrogens with one attached hydrogen (secondary N) is 1. The van der Waals surface area contributed by atoms with Crippen molar-refractivity contribution in [2.75, 3.05) is 13.2 Å². The molecule has 0 saturated carbocycles. The number of hydrogen-bond donors (Lipinski definition) is 1. The van der Waals surface area contributed by atoms with Gasteiger partial charge in [-0.3, -0.25) is 0 Å². The van der Waals surface area contributed by atoms with Crippen molar-refractivity contribution in [1.82, 2.24) is 5.32 Å². The van der Waals surface area contributed by atoms with E-state index in [1.807, 2.05) is 44.2 Å². The Bertz CT molecular complexity index is 345. The highest BCUT2D eigenvalue weighted by Gasteiger charge is 2.11. The quantitative estimate of drug-likeness (QED) is 0.786. The van der Waals surface area contributed by atoms with Crippen LogP contribution < -0.4 is 5.32 Å². The van der Waals surface area contributed by atoms with E-state index in [1.165, 1.54) is 0 Å². The summed E-state index contributed by atoms with van der Waals surface area (Å²) in [5.74, 6) is 0. The molecule has 0 aliphatic rings. The maximum atomic E-state index is 8.85. The van der Waals surface area contributed by atoms with Gasteiger partial charge in [0.05, 0.1) is 18.6 Å². The first-order valence-electron chi connectivity index (χ1n) is 6.04. The molecule has 2 atom stereocenters. The van der Waals surface area contributed by atoms with Crippen molar-refractivity contribution in [1.29, 1.82) is 5.26 Å². The van der Waals surface area contributed by atoms with Crippen LogP contribution in [0.4, 0.5) is 0 Å². The molecule has 1 aromatic rings. The molecule has 0 radical (unpaired) electrons. The van der Waals surface area contributed by atoms with Gasteiger partial charge in [0.2, 0.25) is 0 Å². The Balaban J connectivity index is 2.53. The van der Waals surface area contributed by atoms with Gasteiger partial charge in [0, 0.05) is 19.2 Å². The standard InChI is InChI=1S/C14H20N2O/c1-3-17-12(2)11-16-14(9-10-15)13-7-5-4-6-8-13/h4-8,12,14,16H,3,9,11H2,1-2H3. The van der Waals surface area contributed by atoms with Crippen LogP contribution in [0.15, 0.2) is 30.3 Å². The molecule has 92 valence electrons. The summed E-state index contributed by atoms with van der Waals surface area (Å²) in [6, 6.07) is 12.4. The van der Waals surface area contributed by atoms with Crippen molar-refractivity contribution in [3.05, 3.63) is 35.9 Å². The molecule has 17 heavy (non-hydrogen) atoms. The molecular weight excluding hydrogens is 212 g/mol. The second kappa shape index (κ2) is 7.83. The van der Waals surface area contributed by atoms with Crippen molar-refractivity contribution in [2.24, 2.45) is 0 Å². The molecule has 0 aliphatic heterocycles. The number of ether oxygens (including phenoxy) is 1. The minimum atomic E-state index is 0.0871. The van der Waals surface area contributed by atoms with Crippen molar-refractivity contribution in [3.8, 4) is 6.07 Å². The van der Waals surface area contributed by atoms with Gasteiger partial charge in [0.15, 0.2) is 0 Å². The van der Waals surface area contributed by atoms with E-state index in [2.05, 4.69) is 11.4 Å². The molecule has 3 heteroatoms. The second-order valence-corrected chi connectivity index (χ2v) is 4.00. The van der Waals surface area contributed by atoms with E-state index >= 15 is 0 Å². The summed E-state index contributed by atoms with van der Waals surface area (Å²) < 4.78 is 5.46. The monoisotopic (exact) mass is 232 g/mol. The average molecular weight is 232 g/mol. The van der Waals surface area contributed by atoms with Gasteiger partial charge in [-0.15, -0.1) is 0 Å². The van der Waals surface area contributed by atoms with E-state index in [-0.39, 0.29) is 12.1 Å². The third-order valence-electron chi connectivity index (χ3n) is 2.60. The molecule has 0 fully saturated rings. The topological polar surface area (TPSA) is 45.0 Å². The molecular formula is C14H20N2O. The number of benzene rings is 1. The molecule has 0 aliphatic carbocycles. The molecule has 1 rings (SSSR count). The lowest BCUT2D eigenvalue weighted by molar-refractivity contribution is 0.0740. The summed E-state index contributed by atoms with van der Waals surface area (Å²) in [5.41, 5.74) is 1.15. The van der Waals surface area contributed by atoms with Crippen LogP contribution >= 0.6 is 0 Å². The zero-order valence-corrected chi connectivity index (χ0v) is 10.5. The Labute approximate surface area is 103 Å². The normalized spacial score (nSPS) is 13.9. The number of hydrogen-bond acceptors (Lipinski definition) is 3. The van der Waals surface area contributed by atoms with Crippen LogP contribution in [0.3, 0.4) is 0 Å². The summed E-state index contributed by atoms with van der Waals surface area (Å²) in [4.78, 5) is 0. The van der Waals surface area contributed by atoms with Gasteiger partial charge >= 0.3 is 0 Å². The fourth-order valence-electron chi connectivity index (χ4n) is 1.74. The maximum absolute atomic E-state index is 8.85. The highest BCUT2D eigenvalue weighted by molar-refractivity contribution is 5.19.